The van der Waals surface area contributed by atoms with E-state index in [1.165, 1.54) is 18.7 Å². The molecule has 0 aliphatic rings. The minimum Gasteiger partial charge on any atom is -0.244 e. The summed E-state index contributed by atoms with van der Waals surface area (Å²) in [5.74, 6) is 0.242. The fourth-order valence-corrected chi connectivity index (χ4v) is 0.859. The average molecular weight is 224 g/mol. The Morgan fingerprint density at radius 1 is 1.20 bits per heavy atom. The average Bonchev–Trinajstić information content (AvgIpc) is 2.28. The summed E-state index contributed by atoms with van der Waals surface area (Å²) >= 11 is 5.55. The minimum absolute atomic E-state index is 0.0914. The van der Waals surface area contributed by atoms with Crippen LogP contribution < -0.4 is 10.9 Å². The van der Waals surface area contributed by atoms with Gasteiger partial charge in [-0.2, -0.15) is 15.4 Å². The molecule has 2 aromatic rings. The van der Waals surface area contributed by atoms with Crippen molar-refractivity contribution in [1.29, 1.82) is 0 Å². The van der Waals surface area contributed by atoms with E-state index in [0.717, 1.165) is 0 Å². The van der Waals surface area contributed by atoms with Crippen LogP contribution in [0.4, 0.5) is 11.6 Å². The fraction of sp³-hybridized carbons (Fsp3) is 0. The van der Waals surface area contributed by atoms with Crippen LogP contribution in [0.2, 0.25) is 5.28 Å². The third-order valence-corrected chi connectivity index (χ3v) is 1.49. The number of nitrogens with one attached hydrogen (secondary N) is 1. The summed E-state index contributed by atoms with van der Waals surface area (Å²) in [4.78, 5) is 11.2. The number of hydrogen-bond donors (Lipinski definition) is 1. The molecule has 2 heterocycles. The first-order valence-electron chi connectivity index (χ1n) is 3.79. The van der Waals surface area contributed by atoms with Crippen molar-refractivity contribution >= 4 is 23.2 Å². The molecule has 0 fully saturated rings. The first-order valence-corrected chi connectivity index (χ1v) is 4.17. The van der Waals surface area contributed by atoms with Crippen LogP contribution in [-0.4, -0.2) is 30.4 Å². The molecule has 1 N–H and O–H groups in total. The Balaban J connectivity index is 1.99. The van der Waals surface area contributed by atoms with Gasteiger partial charge in [0.1, 0.15) is 12.0 Å². The molecule has 0 saturated heterocycles. The Hall–Kier alpha value is -2.09. The van der Waals surface area contributed by atoms with Crippen LogP contribution in [0.1, 0.15) is 0 Å². The van der Waals surface area contributed by atoms with Gasteiger partial charge < -0.3 is 0 Å². The van der Waals surface area contributed by atoms with Gasteiger partial charge in [0.25, 0.3) is 0 Å². The van der Waals surface area contributed by atoms with Gasteiger partial charge in [0, 0.05) is 0 Å². The van der Waals surface area contributed by atoms with Gasteiger partial charge in [-0.25, -0.2) is 10.4 Å². The topological polar surface area (TPSA) is 103 Å². The first kappa shape index (κ1) is 9.46. The van der Waals surface area contributed by atoms with Crippen LogP contribution in [0.5, 0.6) is 0 Å². The molecule has 0 unspecified atom stereocenters. The second kappa shape index (κ2) is 4.42. The second-order valence-electron chi connectivity index (χ2n) is 2.31. The normalized spacial score (nSPS) is 9.67. The van der Waals surface area contributed by atoms with Gasteiger partial charge in [-0.3, -0.25) is 0 Å². The standard InChI is InChI=1S/C6H4ClN8/c7-5-8-3-9-6(12-5)14-13-4-1-10-15-11-2-4/h1-3H,(H,8,9,12,14). The highest BCUT2D eigenvalue weighted by Crippen LogP contribution is 2.04. The van der Waals surface area contributed by atoms with E-state index in [9.17, 15) is 0 Å². The lowest BCUT2D eigenvalue weighted by Crippen LogP contribution is -2.11. The molecular formula is C6H4ClN8. The van der Waals surface area contributed by atoms with Crippen molar-refractivity contribution in [3.8, 4) is 0 Å². The highest BCUT2D eigenvalue weighted by atomic mass is 35.5. The van der Waals surface area contributed by atoms with Gasteiger partial charge in [-0.15, -0.1) is 10.2 Å². The van der Waals surface area contributed by atoms with E-state index < -0.39 is 0 Å². The molecule has 0 aliphatic carbocycles. The Morgan fingerprint density at radius 2 is 2.00 bits per heavy atom. The van der Waals surface area contributed by atoms with E-state index in [0.29, 0.717) is 5.69 Å². The fourth-order valence-electron chi connectivity index (χ4n) is 0.736. The van der Waals surface area contributed by atoms with E-state index in [4.69, 9.17) is 11.6 Å². The molecule has 15 heavy (non-hydrogen) atoms. The van der Waals surface area contributed by atoms with Crippen molar-refractivity contribution in [2.75, 3.05) is 5.43 Å². The van der Waals surface area contributed by atoms with E-state index in [1.807, 2.05) is 0 Å². The zero-order chi connectivity index (χ0) is 10.5. The molecule has 2 aromatic heterocycles. The van der Waals surface area contributed by atoms with Crippen LogP contribution >= 0.6 is 11.6 Å². The number of nitrogens with zero attached hydrogens (tertiary/aromatic N) is 7. The SMILES string of the molecule is Clc1ncnc(N[N]c2cnnnc2)n1. The maximum atomic E-state index is 5.55. The van der Waals surface area contributed by atoms with E-state index >= 15 is 0 Å². The van der Waals surface area contributed by atoms with Crippen molar-refractivity contribution < 1.29 is 0 Å². The van der Waals surface area contributed by atoms with Crippen LogP contribution in [0.25, 0.3) is 0 Å². The number of halogens is 1. The summed E-state index contributed by atoms with van der Waals surface area (Å²) in [5.41, 5.74) is 6.96. The van der Waals surface area contributed by atoms with Gasteiger partial charge in [-0.1, -0.05) is 0 Å². The molecule has 1 radical (unpaired) electrons. The summed E-state index contributed by atoms with van der Waals surface area (Å²) in [6, 6.07) is 0. The van der Waals surface area contributed by atoms with Crippen molar-refractivity contribution in [3.05, 3.63) is 24.0 Å². The van der Waals surface area contributed by atoms with Crippen molar-refractivity contribution in [2.24, 2.45) is 0 Å². The Morgan fingerprint density at radius 3 is 2.73 bits per heavy atom. The molecule has 0 aromatic carbocycles. The smallest absolute Gasteiger partial charge is 0.244 e. The molecule has 0 spiro atoms. The highest BCUT2D eigenvalue weighted by Gasteiger charge is 1.99. The van der Waals surface area contributed by atoms with Gasteiger partial charge in [0.05, 0.1) is 12.4 Å². The number of rotatable bonds is 3. The summed E-state index contributed by atoms with van der Waals surface area (Å²) in [7, 11) is 0. The highest BCUT2D eigenvalue weighted by molar-refractivity contribution is 6.28. The van der Waals surface area contributed by atoms with E-state index in [2.05, 4.69) is 41.2 Å². The van der Waals surface area contributed by atoms with Crippen LogP contribution in [-0.2, 0) is 0 Å². The second-order valence-corrected chi connectivity index (χ2v) is 2.64. The summed E-state index contributed by atoms with van der Waals surface area (Å²) in [6.45, 7) is 0. The molecule has 8 nitrogen and oxygen atoms in total. The molecule has 0 bridgehead atoms. The lowest BCUT2D eigenvalue weighted by molar-refractivity contribution is 0.841. The zero-order valence-electron chi connectivity index (χ0n) is 7.24. The molecule has 0 atom stereocenters. The predicted molar refractivity (Wildman–Crippen MR) is 50.1 cm³/mol. The van der Waals surface area contributed by atoms with Crippen LogP contribution in [0.3, 0.4) is 0 Å². The van der Waals surface area contributed by atoms with Gasteiger partial charge in [-0.05, 0) is 16.8 Å². The van der Waals surface area contributed by atoms with Gasteiger partial charge in [0.2, 0.25) is 11.2 Å². The van der Waals surface area contributed by atoms with Crippen LogP contribution in [0.15, 0.2) is 18.7 Å². The van der Waals surface area contributed by atoms with Crippen molar-refractivity contribution in [2.45, 2.75) is 0 Å². The molecule has 9 heteroatoms. The third-order valence-electron chi connectivity index (χ3n) is 1.31. The monoisotopic (exact) mass is 223 g/mol. The zero-order valence-corrected chi connectivity index (χ0v) is 8.00. The molecule has 2 rings (SSSR count). The number of hydrogen-bond acceptors (Lipinski definition) is 7. The Labute approximate surface area is 89.1 Å². The summed E-state index contributed by atoms with van der Waals surface area (Å²) in [6.07, 6.45) is 4.14. The number of aromatic nitrogens is 6. The maximum absolute atomic E-state index is 5.55. The molecular weight excluding hydrogens is 220 g/mol. The van der Waals surface area contributed by atoms with Gasteiger partial charge >= 0.3 is 0 Å². The molecule has 75 valence electrons. The maximum Gasteiger partial charge on any atom is 0.247 e. The van der Waals surface area contributed by atoms with Crippen molar-refractivity contribution in [1.82, 2.24) is 35.8 Å². The lowest BCUT2D eigenvalue weighted by atomic mass is 10.6. The lowest BCUT2D eigenvalue weighted by Gasteiger charge is -2.01. The molecule has 0 saturated carbocycles. The van der Waals surface area contributed by atoms with Crippen molar-refractivity contribution in [3.63, 3.8) is 0 Å². The number of anilines is 1. The molecule has 0 aliphatic heterocycles. The summed E-state index contributed by atoms with van der Waals surface area (Å²) in [5, 5.41) is 10.5. The minimum atomic E-state index is 0.0914. The quantitative estimate of drug-likeness (QED) is 0.729. The van der Waals surface area contributed by atoms with Crippen LogP contribution in [0, 0.1) is 0 Å². The summed E-state index contributed by atoms with van der Waals surface area (Å²) < 4.78 is 0. The van der Waals surface area contributed by atoms with Gasteiger partial charge in [0.15, 0.2) is 0 Å². The molecule has 0 amide bonds. The first-order chi connectivity index (χ1) is 7.34. The largest absolute Gasteiger partial charge is 0.247 e. The third kappa shape index (κ3) is 2.68. The Bertz CT molecular complexity index is 434. The van der Waals surface area contributed by atoms with E-state index in [-0.39, 0.29) is 11.2 Å². The Kier molecular flexibility index (Phi) is 2.79. The predicted octanol–water partition coefficient (Wildman–Crippen LogP) is -0.0270. The van der Waals surface area contributed by atoms with E-state index in [1.54, 1.807) is 0 Å².